The molecule has 140 valence electrons. The molecular formula is C18H24N4O4. The number of ether oxygens (including phenoxy) is 2. The number of carbonyl (C=O) groups excluding carboxylic acids is 2. The van der Waals surface area contributed by atoms with Gasteiger partial charge in [-0.2, -0.15) is 0 Å². The van der Waals surface area contributed by atoms with E-state index < -0.39 is 0 Å². The highest BCUT2D eigenvalue weighted by molar-refractivity contribution is 5.78. The number of fused-ring (bicyclic) bond motifs is 1. The zero-order chi connectivity index (χ0) is 18.5. The first-order valence-corrected chi connectivity index (χ1v) is 8.85. The monoisotopic (exact) mass is 360 g/mol. The van der Waals surface area contributed by atoms with Crippen molar-refractivity contribution in [1.82, 2.24) is 19.6 Å². The standard InChI is InChI=1S/C18H24N4O4/c1-3-25-18(24)21-9-6-14(7-10-21)20-16(23)12-26-15-5-4-8-22-11-13(2)19-17(15)22/h4-5,8,11,14H,3,6-7,9-10,12H2,1-2H3,(H,20,23). The Morgan fingerprint density at radius 1 is 1.35 bits per heavy atom. The lowest BCUT2D eigenvalue weighted by atomic mass is 10.1. The second-order valence-electron chi connectivity index (χ2n) is 6.30. The van der Waals surface area contributed by atoms with Crippen LogP contribution in [-0.2, 0) is 9.53 Å². The normalized spacial score (nSPS) is 15.1. The Hall–Kier alpha value is -2.77. The van der Waals surface area contributed by atoms with Crippen LogP contribution in [0.1, 0.15) is 25.5 Å². The van der Waals surface area contributed by atoms with Crippen molar-refractivity contribution in [3.63, 3.8) is 0 Å². The van der Waals surface area contributed by atoms with E-state index in [2.05, 4.69) is 10.3 Å². The Morgan fingerprint density at radius 2 is 2.12 bits per heavy atom. The molecule has 1 aliphatic heterocycles. The summed E-state index contributed by atoms with van der Waals surface area (Å²) in [5.74, 6) is 0.401. The molecule has 0 bridgehead atoms. The molecule has 8 nitrogen and oxygen atoms in total. The summed E-state index contributed by atoms with van der Waals surface area (Å²) < 4.78 is 12.5. The fraction of sp³-hybridized carbons (Fsp3) is 0.500. The number of hydrogen-bond donors (Lipinski definition) is 1. The lowest BCUT2D eigenvalue weighted by Crippen LogP contribution is -2.47. The third kappa shape index (κ3) is 4.25. The van der Waals surface area contributed by atoms with Crippen LogP contribution in [0.2, 0.25) is 0 Å². The summed E-state index contributed by atoms with van der Waals surface area (Å²) in [4.78, 5) is 29.9. The maximum Gasteiger partial charge on any atom is 0.409 e. The van der Waals surface area contributed by atoms with Crippen LogP contribution in [0.5, 0.6) is 5.75 Å². The van der Waals surface area contributed by atoms with Gasteiger partial charge >= 0.3 is 6.09 Å². The summed E-state index contributed by atoms with van der Waals surface area (Å²) in [5, 5.41) is 2.96. The summed E-state index contributed by atoms with van der Waals surface area (Å²) in [5.41, 5.74) is 1.58. The minimum Gasteiger partial charge on any atom is -0.480 e. The maximum absolute atomic E-state index is 12.2. The molecule has 0 saturated carbocycles. The molecule has 1 N–H and O–H groups in total. The molecule has 0 spiro atoms. The van der Waals surface area contributed by atoms with E-state index >= 15 is 0 Å². The molecule has 2 aromatic rings. The topological polar surface area (TPSA) is 85.2 Å². The molecule has 0 unspecified atom stereocenters. The van der Waals surface area contributed by atoms with Crippen molar-refractivity contribution in [3.8, 4) is 5.75 Å². The quantitative estimate of drug-likeness (QED) is 0.878. The third-order valence-electron chi connectivity index (χ3n) is 4.31. The first-order chi connectivity index (χ1) is 12.6. The van der Waals surface area contributed by atoms with Crippen LogP contribution in [0.25, 0.3) is 5.65 Å². The number of nitrogens with one attached hydrogen (secondary N) is 1. The van der Waals surface area contributed by atoms with Crippen LogP contribution >= 0.6 is 0 Å². The summed E-state index contributed by atoms with van der Waals surface area (Å²) in [6, 6.07) is 3.69. The minimum absolute atomic E-state index is 0.0428. The number of piperidine rings is 1. The van der Waals surface area contributed by atoms with Crippen molar-refractivity contribution >= 4 is 17.6 Å². The highest BCUT2D eigenvalue weighted by Gasteiger charge is 2.24. The highest BCUT2D eigenvalue weighted by atomic mass is 16.6. The fourth-order valence-corrected chi connectivity index (χ4v) is 3.06. The van der Waals surface area contributed by atoms with Gasteiger partial charge in [-0.25, -0.2) is 9.78 Å². The van der Waals surface area contributed by atoms with Gasteiger partial charge in [-0.15, -0.1) is 0 Å². The van der Waals surface area contributed by atoms with Gasteiger partial charge in [-0.1, -0.05) is 0 Å². The molecule has 0 aromatic carbocycles. The van der Waals surface area contributed by atoms with Crippen molar-refractivity contribution in [3.05, 3.63) is 30.2 Å². The lowest BCUT2D eigenvalue weighted by Gasteiger charge is -2.31. The van der Waals surface area contributed by atoms with E-state index in [1.807, 2.05) is 29.8 Å². The van der Waals surface area contributed by atoms with E-state index in [1.54, 1.807) is 17.9 Å². The number of amides is 2. The van der Waals surface area contributed by atoms with Gasteiger partial charge in [0.25, 0.3) is 5.91 Å². The Balaban J connectivity index is 1.47. The fourth-order valence-electron chi connectivity index (χ4n) is 3.06. The SMILES string of the molecule is CCOC(=O)N1CCC(NC(=O)COc2cccn3cc(C)nc23)CC1. The van der Waals surface area contributed by atoms with E-state index in [0.717, 1.165) is 5.69 Å². The Bertz CT molecular complexity index is 781. The van der Waals surface area contributed by atoms with Gasteiger partial charge < -0.3 is 24.1 Å². The van der Waals surface area contributed by atoms with Gasteiger partial charge in [0.1, 0.15) is 0 Å². The molecule has 3 rings (SSSR count). The summed E-state index contributed by atoms with van der Waals surface area (Å²) in [6.07, 6.45) is 4.92. The molecule has 1 fully saturated rings. The van der Waals surface area contributed by atoms with Crippen molar-refractivity contribution in [2.45, 2.75) is 32.7 Å². The number of imidazole rings is 1. The Morgan fingerprint density at radius 3 is 2.85 bits per heavy atom. The number of hydrogen-bond acceptors (Lipinski definition) is 5. The molecular weight excluding hydrogens is 336 g/mol. The number of likely N-dealkylation sites (tertiary alicyclic amines) is 1. The maximum atomic E-state index is 12.2. The molecule has 2 aromatic heterocycles. The predicted octanol–water partition coefficient (Wildman–Crippen LogP) is 1.76. The van der Waals surface area contributed by atoms with Gasteiger partial charge in [0.2, 0.25) is 0 Å². The van der Waals surface area contributed by atoms with Crippen molar-refractivity contribution in [2.75, 3.05) is 26.3 Å². The van der Waals surface area contributed by atoms with Crippen LogP contribution in [0.3, 0.4) is 0 Å². The van der Waals surface area contributed by atoms with Crippen LogP contribution in [0.4, 0.5) is 4.79 Å². The average Bonchev–Trinajstić information content (AvgIpc) is 3.01. The molecule has 1 aliphatic rings. The van der Waals surface area contributed by atoms with Crippen molar-refractivity contribution < 1.29 is 19.1 Å². The molecule has 8 heteroatoms. The first-order valence-electron chi connectivity index (χ1n) is 8.85. The van der Waals surface area contributed by atoms with Gasteiger partial charge in [-0.3, -0.25) is 4.79 Å². The highest BCUT2D eigenvalue weighted by Crippen LogP contribution is 2.18. The van der Waals surface area contributed by atoms with Gasteiger partial charge in [-0.05, 0) is 38.8 Å². The van der Waals surface area contributed by atoms with E-state index in [1.165, 1.54) is 0 Å². The van der Waals surface area contributed by atoms with Crippen LogP contribution in [0.15, 0.2) is 24.5 Å². The zero-order valence-electron chi connectivity index (χ0n) is 15.1. The lowest BCUT2D eigenvalue weighted by molar-refractivity contribution is -0.124. The van der Waals surface area contributed by atoms with Crippen LogP contribution in [-0.4, -0.2) is 58.6 Å². The number of carbonyl (C=O) groups is 2. The van der Waals surface area contributed by atoms with Gasteiger partial charge in [0.15, 0.2) is 18.0 Å². The van der Waals surface area contributed by atoms with E-state index in [0.29, 0.717) is 43.9 Å². The van der Waals surface area contributed by atoms with Crippen LogP contribution in [0, 0.1) is 6.92 Å². The molecule has 26 heavy (non-hydrogen) atoms. The van der Waals surface area contributed by atoms with E-state index in [-0.39, 0.29) is 24.6 Å². The van der Waals surface area contributed by atoms with Gasteiger partial charge in [0.05, 0.1) is 12.3 Å². The molecule has 2 amide bonds. The number of aryl methyl sites for hydroxylation is 1. The van der Waals surface area contributed by atoms with E-state index in [4.69, 9.17) is 9.47 Å². The average molecular weight is 360 g/mol. The summed E-state index contributed by atoms with van der Waals surface area (Å²) in [7, 11) is 0. The Labute approximate surface area is 152 Å². The summed E-state index contributed by atoms with van der Waals surface area (Å²) in [6.45, 7) is 5.16. The minimum atomic E-state index is -0.288. The zero-order valence-corrected chi connectivity index (χ0v) is 15.1. The second kappa shape index (κ2) is 8.07. The third-order valence-corrected chi connectivity index (χ3v) is 4.31. The first kappa shape index (κ1) is 18.0. The number of nitrogens with zero attached hydrogens (tertiary/aromatic N) is 3. The molecule has 0 atom stereocenters. The second-order valence-corrected chi connectivity index (χ2v) is 6.30. The molecule has 3 heterocycles. The molecule has 0 radical (unpaired) electrons. The predicted molar refractivity (Wildman–Crippen MR) is 95.2 cm³/mol. The van der Waals surface area contributed by atoms with Gasteiger partial charge in [0, 0.05) is 31.5 Å². The number of rotatable bonds is 5. The summed E-state index contributed by atoms with van der Waals surface area (Å²) >= 11 is 0. The van der Waals surface area contributed by atoms with E-state index in [9.17, 15) is 9.59 Å². The Kier molecular flexibility index (Phi) is 5.60. The number of pyridine rings is 1. The van der Waals surface area contributed by atoms with Crippen LogP contribution < -0.4 is 10.1 Å². The number of aromatic nitrogens is 2. The van der Waals surface area contributed by atoms with Crippen molar-refractivity contribution in [1.29, 1.82) is 0 Å². The largest absolute Gasteiger partial charge is 0.480 e. The smallest absolute Gasteiger partial charge is 0.409 e. The molecule has 0 aliphatic carbocycles. The molecule has 1 saturated heterocycles. The van der Waals surface area contributed by atoms with Crippen molar-refractivity contribution in [2.24, 2.45) is 0 Å².